The molecule has 0 bridgehead atoms. The number of fused-ring (bicyclic) bond motifs is 12. The fraction of sp³-hybridized carbons (Fsp3) is 0. The second-order valence-electron chi connectivity index (χ2n) is 29.2. The van der Waals surface area contributed by atoms with Gasteiger partial charge in [-0.2, -0.15) is 0 Å². The normalized spacial score (nSPS) is 11.4. The molecule has 0 saturated heterocycles. The monoisotopic (exact) mass is 1480 g/mol. The standard InChI is InChI=1S/2C54H34N4/c1-3-16-38(17-4-1)52-56-53(39-18-5-2-6-19-39)58-54(57-52)40-30-28-35(29-31-40)41-21-11-22-42(34-41)45-25-13-27-47-49-44-24-10-8-15-37(44)32-33-48(49)51(55-50(45)47)46-26-12-20-36-14-7-9-23-43(36)46;1-3-15-38(16-4-1)52-56-53(39-17-5-2-6-18-39)58-54(57-52)40-28-25-36(26-29-40)42-20-11-21-43(33-42)46-23-12-24-47-49-45-22-10-9-14-37(45)31-32-48(49)50(55-51(46)47)44-30-27-35-13-7-8-19-41(35)34-44/h2*1-34H. The van der Waals surface area contributed by atoms with Crippen LogP contribution in [-0.4, -0.2) is 39.9 Å². The van der Waals surface area contributed by atoms with Crippen molar-refractivity contribution < 1.29 is 0 Å². The van der Waals surface area contributed by atoms with Crippen molar-refractivity contribution in [1.29, 1.82) is 0 Å². The van der Waals surface area contributed by atoms with Crippen molar-refractivity contribution in [2.24, 2.45) is 0 Å². The highest BCUT2D eigenvalue weighted by Crippen LogP contribution is 2.45. The summed E-state index contributed by atoms with van der Waals surface area (Å²) in [4.78, 5) is 40.6. The first-order valence-electron chi connectivity index (χ1n) is 39.1. The fourth-order valence-corrected chi connectivity index (χ4v) is 16.5. The fourth-order valence-electron chi connectivity index (χ4n) is 16.5. The van der Waals surface area contributed by atoms with Crippen LogP contribution in [0.15, 0.2) is 413 Å². The van der Waals surface area contributed by atoms with Crippen LogP contribution >= 0.6 is 0 Å². The van der Waals surface area contributed by atoms with E-state index < -0.39 is 0 Å². The third kappa shape index (κ3) is 12.9. The van der Waals surface area contributed by atoms with E-state index in [1.807, 2.05) is 121 Å². The van der Waals surface area contributed by atoms with E-state index in [4.69, 9.17) is 39.9 Å². The van der Waals surface area contributed by atoms with Crippen LogP contribution in [0.2, 0.25) is 0 Å². The number of pyridine rings is 2. The highest BCUT2D eigenvalue weighted by atomic mass is 15.0. The van der Waals surface area contributed by atoms with Crippen molar-refractivity contribution in [2.75, 3.05) is 0 Å². The zero-order valence-electron chi connectivity index (χ0n) is 62.8. The van der Waals surface area contributed by atoms with E-state index in [2.05, 4.69) is 291 Å². The predicted octanol–water partition coefficient (Wildman–Crippen LogP) is 27.8. The Kier molecular flexibility index (Phi) is 17.4. The molecule has 0 unspecified atom stereocenters. The molecule has 0 N–H and O–H groups in total. The minimum Gasteiger partial charge on any atom is -0.246 e. The number of para-hydroxylation sites is 2. The number of benzene rings is 18. The van der Waals surface area contributed by atoms with Gasteiger partial charge >= 0.3 is 0 Å². The van der Waals surface area contributed by atoms with E-state index in [0.29, 0.717) is 34.9 Å². The quantitative estimate of drug-likeness (QED) is 0.111. The summed E-state index contributed by atoms with van der Waals surface area (Å²) in [7, 11) is 0. The lowest BCUT2D eigenvalue weighted by atomic mass is 9.91. The molecule has 0 aliphatic heterocycles. The van der Waals surface area contributed by atoms with Crippen LogP contribution in [0, 0.1) is 0 Å². The number of hydrogen-bond donors (Lipinski definition) is 0. The molecule has 0 aliphatic rings. The molecule has 8 nitrogen and oxygen atoms in total. The van der Waals surface area contributed by atoms with Crippen molar-refractivity contribution >= 4 is 86.4 Å². The Morgan fingerprint density at radius 1 is 0.129 bits per heavy atom. The highest BCUT2D eigenvalue weighted by molar-refractivity contribution is 6.26. The number of rotatable bonds is 12. The summed E-state index contributed by atoms with van der Waals surface area (Å²) in [6.07, 6.45) is 0. The molecule has 116 heavy (non-hydrogen) atoms. The zero-order chi connectivity index (χ0) is 76.8. The van der Waals surface area contributed by atoms with E-state index in [-0.39, 0.29) is 0 Å². The Morgan fingerprint density at radius 2 is 0.414 bits per heavy atom. The Balaban J connectivity index is 0.000000145. The van der Waals surface area contributed by atoms with E-state index >= 15 is 0 Å². The van der Waals surface area contributed by atoms with Gasteiger partial charge in [0.25, 0.3) is 0 Å². The third-order valence-electron chi connectivity index (χ3n) is 22.2. The molecule has 0 amide bonds. The second kappa shape index (κ2) is 29.6. The second-order valence-corrected chi connectivity index (χ2v) is 29.2. The molecule has 8 heteroatoms. The van der Waals surface area contributed by atoms with Gasteiger partial charge in [-0.05, 0) is 94.7 Å². The lowest BCUT2D eigenvalue weighted by Gasteiger charge is -2.16. The summed E-state index contributed by atoms with van der Waals surface area (Å²) >= 11 is 0. The molecule has 4 aromatic heterocycles. The maximum Gasteiger partial charge on any atom is 0.164 e. The van der Waals surface area contributed by atoms with Gasteiger partial charge in [-0.25, -0.2) is 39.9 Å². The average Bonchev–Trinajstić information content (AvgIpc) is 0.732. The van der Waals surface area contributed by atoms with E-state index in [9.17, 15) is 0 Å². The maximum absolute atomic E-state index is 5.59. The van der Waals surface area contributed by atoms with Crippen LogP contribution in [0.4, 0.5) is 0 Å². The molecule has 22 rings (SSSR count). The molecule has 0 atom stereocenters. The largest absolute Gasteiger partial charge is 0.246 e. The first-order valence-corrected chi connectivity index (χ1v) is 39.1. The van der Waals surface area contributed by atoms with Crippen molar-refractivity contribution in [1.82, 2.24) is 39.9 Å². The molecule has 0 fully saturated rings. The SMILES string of the molecule is c1ccc(-c2nc(-c3ccccc3)nc(-c3ccc(-c4cccc(-c5cccc6c5nc(-c5ccc7ccccc7c5)c5ccc7ccccc7c56)c4)cc3)n2)cc1.c1ccc(-c2nc(-c3ccccc3)nc(-c3ccc(-c4cccc(-c5cccc6c5nc(-c5cccc7ccccc57)c5ccc7ccccc7c56)c4)cc3)n2)cc1. The summed E-state index contributed by atoms with van der Waals surface area (Å²) in [5.41, 5.74) is 20.7. The molecular formula is C108H68N8. The number of hydrogen-bond acceptors (Lipinski definition) is 8. The predicted molar refractivity (Wildman–Crippen MR) is 481 cm³/mol. The maximum atomic E-state index is 5.59. The van der Waals surface area contributed by atoms with Gasteiger partial charge in [-0.1, -0.05) is 394 Å². The van der Waals surface area contributed by atoms with Crippen LogP contribution in [-0.2, 0) is 0 Å². The summed E-state index contributed by atoms with van der Waals surface area (Å²) < 4.78 is 0. The highest BCUT2D eigenvalue weighted by Gasteiger charge is 2.22. The lowest BCUT2D eigenvalue weighted by Crippen LogP contribution is -2.00. The van der Waals surface area contributed by atoms with Crippen LogP contribution in [0.25, 0.3) is 222 Å². The lowest BCUT2D eigenvalue weighted by molar-refractivity contribution is 1.07. The molecule has 18 aromatic carbocycles. The topological polar surface area (TPSA) is 103 Å². The first-order chi connectivity index (χ1) is 57.5. The minimum absolute atomic E-state index is 0.636. The summed E-state index contributed by atoms with van der Waals surface area (Å²) in [5, 5.41) is 16.7. The molecule has 0 radical (unpaired) electrons. The Hall–Kier alpha value is -15.6. The molecule has 0 spiro atoms. The van der Waals surface area contributed by atoms with Gasteiger partial charge in [0.05, 0.1) is 22.4 Å². The van der Waals surface area contributed by atoms with Gasteiger partial charge in [0, 0.05) is 88.0 Å². The average molecular weight is 1480 g/mol. The smallest absolute Gasteiger partial charge is 0.164 e. The molecule has 0 aliphatic carbocycles. The Labute approximate surface area is 669 Å². The van der Waals surface area contributed by atoms with Gasteiger partial charge in [0.15, 0.2) is 34.9 Å². The van der Waals surface area contributed by atoms with Gasteiger partial charge in [0.1, 0.15) is 0 Å². The van der Waals surface area contributed by atoms with E-state index in [0.717, 1.165) is 133 Å². The summed E-state index contributed by atoms with van der Waals surface area (Å²) in [6, 6.07) is 145. The first kappa shape index (κ1) is 68.4. The van der Waals surface area contributed by atoms with E-state index in [1.54, 1.807) is 0 Å². The summed E-state index contributed by atoms with van der Waals surface area (Å²) in [5.74, 6) is 3.86. The summed E-state index contributed by atoms with van der Waals surface area (Å²) in [6.45, 7) is 0. The van der Waals surface area contributed by atoms with Crippen LogP contribution in [0.1, 0.15) is 0 Å². The van der Waals surface area contributed by atoms with Gasteiger partial charge in [-0.3, -0.25) is 0 Å². The minimum atomic E-state index is 0.636. The van der Waals surface area contributed by atoms with Crippen LogP contribution in [0.3, 0.4) is 0 Å². The van der Waals surface area contributed by atoms with Crippen molar-refractivity contribution in [3.63, 3.8) is 0 Å². The van der Waals surface area contributed by atoms with Crippen molar-refractivity contribution in [2.45, 2.75) is 0 Å². The van der Waals surface area contributed by atoms with Crippen molar-refractivity contribution in [3.05, 3.63) is 413 Å². The van der Waals surface area contributed by atoms with Gasteiger partial charge in [0.2, 0.25) is 0 Å². The molecular weight excluding hydrogens is 1410 g/mol. The molecule has 540 valence electrons. The molecule has 4 heterocycles. The Morgan fingerprint density at radius 3 is 0.862 bits per heavy atom. The number of nitrogens with zero attached hydrogens (tertiary/aromatic N) is 8. The molecule has 0 saturated carbocycles. The van der Waals surface area contributed by atoms with E-state index in [1.165, 1.54) is 53.9 Å². The van der Waals surface area contributed by atoms with Gasteiger partial charge in [-0.15, -0.1) is 0 Å². The Bertz CT molecular complexity index is 7420. The van der Waals surface area contributed by atoms with Gasteiger partial charge < -0.3 is 0 Å². The van der Waals surface area contributed by atoms with Crippen LogP contribution in [0.5, 0.6) is 0 Å². The number of aromatic nitrogens is 8. The third-order valence-corrected chi connectivity index (χ3v) is 22.2. The van der Waals surface area contributed by atoms with Crippen LogP contribution < -0.4 is 0 Å². The van der Waals surface area contributed by atoms with Crippen molar-refractivity contribution in [3.8, 4) is 135 Å². The zero-order valence-corrected chi connectivity index (χ0v) is 62.8. The molecule has 22 aromatic rings.